The molecule has 0 unspecified atom stereocenters. The van der Waals surface area contributed by atoms with Crippen molar-refractivity contribution in [2.75, 3.05) is 18.4 Å². The lowest BCUT2D eigenvalue weighted by molar-refractivity contribution is -0.132. The molecule has 1 saturated heterocycles. The van der Waals surface area contributed by atoms with Gasteiger partial charge in [0, 0.05) is 38.3 Å². The van der Waals surface area contributed by atoms with Gasteiger partial charge in [-0.3, -0.25) is 14.9 Å². The van der Waals surface area contributed by atoms with Gasteiger partial charge in [-0.1, -0.05) is 0 Å². The number of nitrogens with zero attached hydrogens (tertiary/aromatic N) is 3. The fourth-order valence-corrected chi connectivity index (χ4v) is 2.03. The molecule has 1 N–H and O–H groups in total. The summed E-state index contributed by atoms with van der Waals surface area (Å²) in [6.07, 6.45) is 4.55. The van der Waals surface area contributed by atoms with Crippen molar-refractivity contribution in [3.05, 3.63) is 18.5 Å². The number of aromatic nitrogens is 2. The van der Waals surface area contributed by atoms with Gasteiger partial charge in [-0.15, -0.1) is 0 Å². The van der Waals surface area contributed by atoms with E-state index in [0.717, 1.165) is 0 Å². The highest BCUT2D eigenvalue weighted by molar-refractivity contribution is 5.91. The monoisotopic (exact) mass is 248 g/mol. The van der Waals surface area contributed by atoms with Crippen LogP contribution in [-0.4, -0.2) is 39.8 Å². The Labute approximate surface area is 105 Å². The third-order valence-corrected chi connectivity index (χ3v) is 3.11. The van der Waals surface area contributed by atoms with Crippen molar-refractivity contribution in [3.8, 4) is 0 Å². The molecule has 6 heteroatoms. The van der Waals surface area contributed by atoms with E-state index in [1.165, 1.54) is 0 Å². The molecule has 0 spiro atoms. The van der Waals surface area contributed by atoms with Crippen molar-refractivity contribution in [1.82, 2.24) is 14.9 Å². The third-order valence-electron chi connectivity index (χ3n) is 3.11. The number of nitrogens with one attached hydrogen (secondary N) is 1. The number of anilines is 1. The molecule has 2 rings (SSSR count). The van der Waals surface area contributed by atoms with Crippen LogP contribution in [0.5, 0.6) is 0 Å². The number of carbonyl (C=O) groups excluding carboxylic acids is 2. The zero-order valence-electron chi connectivity index (χ0n) is 10.3. The molecule has 96 valence electrons. The Bertz CT molecular complexity index is 427. The Hall–Kier alpha value is -1.98. The second-order valence-electron chi connectivity index (χ2n) is 4.34. The Balaban J connectivity index is 1.86. The topological polar surface area (TPSA) is 75.2 Å². The average molecular weight is 248 g/mol. The van der Waals surface area contributed by atoms with Crippen LogP contribution in [0, 0.1) is 5.92 Å². The first-order valence-corrected chi connectivity index (χ1v) is 6.00. The van der Waals surface area contributed by atoms with Crippen molar-refractivity contribution in [2.45, 2.75) is 19.8 Å². The molecule has 1 aromatic rings. The van der Waals surface area contributed by atoms with Crippen LogP contribution >= 0.6 is 0 Å². The SMILES string of the molecule is CC(=O)N1CCC(C(=O)Nc2ncccn2)CC1. The summed E-state index contributed by atoms with van der Waals surface area (Å²) in [7, 11) is 0. The number of piperidine rings is 1. The number of likely N-dealkylation sites (tertiary alicyclic amines) is 1. The van der Waals surface area contributed by atoms with Crippen LogP contribution < -0.4 is 5.32 Å². The molecule has 6 nitrogen and oxygen atoms in total. The molecule has 1 aromatic heterocycles. The molecule has 1 fully saturated rings. The van der Waals surface area contributed by atoms with Crippen molar-refractivity contribution < 1.29 is 9.59 Å². The van der Waals surface area contributed by atoms with E-state index in [1.807, 2.05) is 0 Å². The highest BCUT2D eigenvalue weighted by Crippen LogP contribution is 2.18. The van der Waals surface area contributed by atoms with Crippen molar-refractivity contribution in [1.29, 1.82) is 0 Å². The third kappa shape index (κ3) is 3.03. The van der Waals surface area contributed by atoms with Gasteiger partial charge in [0.15, 0.2) is 0 Å². The van der Waals surface area contributed by atoms with E-state index in [1.54, 1.807) is 30.3 Å². The zero-order valence-corrected chi connectivity index (χ0v) is 10.3. The molecular weight excluding hydrogens is 232 g/mol. The van der Waals surface area contributed by atoms with E-state index in [2.05, 4.69) is 15.3 Å². The van der Waals surface area contributed by atoms with Crippen LogP contribution in [0.25, 0.3) is 0 Å². The lowest BCUT2D eigenvalue weighted by Gasteiger charge is -2.30. The van der Waals surface area contributed by atoms with Crippen LogP contribution in [0.3, 0.4) is 0 Å². The lowest BCUT2D eigenvalue weighted by Crippen LogP contribution is -2.40. The molecule has 0 aromatic carbocycles. The van der Waals surface area contributed by atoms with Crippen LogP contribution in [0.2, 0.25) is 0 Å². The highest BCUT2D eigenvalue weighted by atomic mass is 16.2. The summed E-state index contributed by atoms with van der Waals surface area (Å²) in [5.41, 5.74) is 0. The summed E-state index contributed by atoms with van der Waals surface area (Å²) in [6.45, 7) is 2.84. The average Bonchev–Trinajstić information content (AvgIpc) is 2.40. The first-order chi connectivity index (χ1) is 8.66. The molecule has 0 radical (unpaired) electrons. The summed E-state index contributed by atoms with van der Waals surface area (Å²) in [4.78, 5) is 32.8. The summed E-state index contributed by atoms with van der Waals surface area (Å²) < 4.78 is 0. The molecule has 1 aliphatic rings. The second kappa shape index (κ2) is 5.57. The molecule has 1 aliphatic heterocycles. The molecule has 0 atom stereocenters. The fourth-order valence-electron chi connectivity index (χ4n) is 2.03. The van der Waals surface area contributed by atoms with Crippen molar-refractivity contribution >= 4 is 17.8 Å². The number of rotatable bonds is 2. The lowest BCUT2D eigenvalue weighted by atomic mass is 9.96. The molecule has 0 saturated carbocycles. The molecular formula is C12H16N4O2. The van der Waals surface area contributed by atoms with Gasteiger partial charge in [-0.2, -0.15) is 0 Å². The predicted octanol–water partition coefficient (Wildman–Crippen LogP) is 0.674. The van der Waals surface area contributed by atoms with Gasteiger partial charge < -0.3 is 4.90 Å². The smallest absolute Gasteiger partial charge is 0.229 e. The standard InChI is InChI=1S/C12H16N4O2/c1-9(17)16-7-3-10(4-8-16)11(18)15-12-13-5-2-6-14-12/h2,5-6,10H,3-4,7-8H2,1H3,(H,13,14,15,18). The predicted molar refractivity (Wildman–Crippen MR) is 65.6 cm³/mol. The number of hydrogen-bond acceptors (Lipinski definition) is 4. The van der Waals surface area contributed by atoms with Gasteiger partial charge >= 0.3 is 0 Å². The number of hydrogen-bond donors (Lipinski definition) is 1. The van der Waals surface area contributed by atoms with Crippen LogP contribution in [-0.2, 0) is 9.59 Å². The largest absolute Gasteiger partial charge is 0.343 e. The first kappa shape index (κ1) is 12.5. The number of amides is 2. The van der Waals surface area contributed by atoms with Gasteiger partial charge in [0.05, 0.1) is 0 Å². The Morgan fingerprint density at radius 2 is 1.89 bits per heavy atom. The quantitative estimate of drug-likeness (QED) is 0.834. The van der Waals surface area contributed by atoms with Crippen LogP contribution in [0.4, 0.5) is 5.95 Å². The molecule has 2 amide bonds. The van der Waals surface area contributed by atoms with Gasteiger partial charge in [0.1, 0.15) is 0 Å². The minimum Gasteiger partial charge on any atom is -0.343 e. The van der Waals surface area contributed by atoms with Crippen molar-refractivity contribution in [2.24, 2.45) is 5.92 Å². The van der Waals surface area contributed by atoms with E-state index in [4.69, 9.17) is 0 Å². The Kier molecular flexibility index (Phi) is 3.86. The molecule has 0 aliphatic carbocycles. The fraction of sp³-hybridized carbons (Fsp3) is 0.500. The summed E-state index contributed by atoms with van der Waals surface area (Å²) >= 11 is 0. The zero-order chi connectivity index (χ0) is 13.0. The highest BCUT2D eigenvalue weighted by Gasteiger charge is 2.26. The van der Waals surface area contributed by atoms with Crippen LogP contribution in [0.15, 0.2) is 18.5 Å². The molecule has 0 bridgehead atoms. The van der Waals surface area contributed by atoms with Gasteiger partial charge in [-0.05, 0) is 18.9 Å². The normalized spacial score (nSPS) is 16.4. The van der Waals surface area contributed by atoms with E-state index in [9.17, 15) is 9.59 Å². The minimum atomic E-state index is -0.0654. The van der Waals surface area contributed by atoms with Gasteiger partial charge in [-0.25, -0.2) is 9.97 Å². The van der Waals surface area contributed by atoms with Crippen molar-refractivity contribution in [3.63, 3.8) is 0 Å². The van der Waals surface area contributed by atoms with E-state index in [-0.39, 0.29) is 17.7 Å². The van der Waals surface area contributed by atoms with E-state index in [0.29, 0.717) is 31.9 Å². The minimum absolute atomic E-state index is 0.0654. The number of carbonyl (C=O) groups is 2. The van der Waals surface area contributed by atoms with E-state index < -0.39 is 0 Å². The summed E-state index contributed by atoms with van der Waals surface area (Å²) in [6, 6.07) is 1.70. The maximum absolute atomic E-state index is 11.9. The van der Waals surface area contributed by atoms with Gasteiger partial charge in [0.25, 0.3) is 0 Å². The van der Waals surface area contributed by atoms with Crippen LogP contribution in [0.1, 0.15) is 19.8 Å². The summed E-state index contributed by atoms with van der Waals surface area (Å²) in [5, 5.41) is 2.69. The Morgan fingerprint density at radius 3 is 2.44 bits per heavy atom. The molecule has 2 heterocycles. The summed E-state index contributed by atoms with van der Waals surface area (Å²) in [5.74, 6) is 0.269. The molecule has 18 heavy (non-hydrogen) atoms. The van der Waals surface area contributed by atoms with E-state index >= 15 is 0 Å². The van der Waals surface area contributed by atoms with Gasteiger partial charge in [0.2, 0.25) is 17.8 Å². The maximum Gasteiger partial charge on any atom is 0.229 e. The maximum atomic E-state index is 11.9. The second-order valence-corrected chi connectivity index (χ2v) is 4.34. The Morgan fingerprint density at radius 1 is 1.28 bits per heavy atom. The first-order valence-electron chi connectivity index (χ1n) is 6.00.